The van der Waals surface area contributed by atoms with Crippen molar-refractivity contribution >= 4 is 0 Å². The normalized spacial score (nSPS) is 18.9. The van der Waals surface area contributed by atoms with Crippen LogP contribution in [0.5, 0.6) is 0 Å². The van der Waals surface area contributed by atoms with Gasteiger partial charge in [-0.1, -0.05) is 43.2 Å². The molecule has 0 amide bonds. The molecule has 0 bridgehead atoms. The molecule has 1 heteroatoms. The molecule has 0 radical (unpaired) electrons. The second kappa shape index (κ2) is 4.45. The van der Waals surface area contributed by atoms with Gasteiger partial charge >= 0.3 is 0 Å². The van der Waals surface area contributed by atoms with Gasteiger partial charge in [0.15, 0.2) is 0 Å². The van der Waals surface area contributed by atoms with Gasteiger partial charge in [0.1, 0.15) is 0 Å². The predicted molar refractivity (Wildman–Crippen MR) is 51.5 cm³/mol. The Kier molecular flexibility index (Phi) is 3.53. The first-order valence-electron chi connectivity index (χ1n) is 4.21. The van der Waals surface area contributed by atoms with Crippen molar-refractivity contribution in [3.8, 4) is 0 Å². The van der Waals surface area contributed by atoms with Crippen molar-refractivity contribution in [3.63, 3.8) is 0 Å². The average Bonchev–Trinajstić information content (AvgIpc) is 2.74. The van der Waals surface area contributed by atoms with Crippen LogP contribution in [0, 0.1) is 6.08 Å². The van der Waals surface area contributed by atoms with Crippen LogP contribution >= 0.6 is 0 Å². The van der Waals surface area contributed by atoms with E-state index >= 15 is 0 Å². The quantitative estimate of drug-likeness (QED) is 0.486. The second-order valence-corrected chi connectivity index (χ2v) is 2.94. The van der Waals surface area contributed by atoms with Gasteiger partial charge in [-0.15, -0.1) is 11.6 Å². The van der Waals surface area contributed by atoms with Gasteiger partial charge in [-0.25, -0.2) is 0 Å². The topological polar surface area (TPSA) is 0 Å². The van der Waals surface area contributed by atoms with Crippen molar-refractivity contribution in [1.82, 2.24) is 0 Å². The molecule has 2 aliphatic rings. The summed E-state index contributed by atoms with van der Waals surface area (Å²) in [4.78, 5) is 0. The minimum absolute atomic E-state index is 0. The summed E-state index contributed by atoms with van der Waals surface area (Å²) in [6.07, 6.45) is 15.8. The molecular weight excluding hydrogens is 200 g/mol. The van der Waals surface area contributed by atoms with Crippen LogP contribution in [0.3, 0.4) is 0 Å². The molecule has 0 heterocycles. The minimum atomic E-state index is 0. The van der Waals surface area contributed by atoms with E-state index in [2.05, 4.69) is 37.0 Å². The number of rotatable bonds is 2. The summed E-state index contributed by atoms with van der Waals surface area (Å²) in [6.45, 7) is 3.79. The largest absolute Gasteiger partial charge is 0.198 e. The van der Waals surface area contributed by atoms with E-state index in [1.54, 1.807) is 0 Å². The monoisotopic (exact) mass is 211 g/mol. The van der Waals surface area contributed by atoms with E-state index in [1.165, 1.54) is 16.7 Å². The summed E-state index contributed by atoms with van der Waals surface area (Å²) in [7, 11) is 0. The fraction of sp³-hybridized carbons (Fsp3) is 0.167. The first-order valence-corrected chi connectivity index (χ1v) is 4.21. The Morgan fingerprint density at radius 1 is 1.31 bits per heavy atom. The third-order valence-electron chi connectivity index (χ3n) is 2.21. The van der Waals surface area contributed by atoms with Gasteiger partial charge in [0.2, 0.25) is 0 Å². The van der Waals surface area contributed by atoms with E-state index in [-0.39, 0.29) is 17.1 Å². The van der Waals surface area contributed by atoms with Gasteiger partial charge in [0, 0.05) is 17.1 Å². The zero-order valence-electron chi connectivity index (χ0n) is 7.36. The van der Waals surface area contributed by atoms with Crippen molar-refractivity contribution in [2.45, 2.75) is 12.8 Å². The van der Waals surface area contributed by atoms with Crippen molar-refractivity contribution in [1.29, 1.82) is 0 Å². The third-order valence-corrected chi connectivity index (χ3v) is 2.21. The summed E-state index contributed by atoms with van der Waals surface area (Å²) in [5.74, 6) is 0. The zero-order valence-corrected chi connectivity index (χ0v) is 8.47. The summed E-state index contributed by atoms with van der Waals surface area (Å²) in [6, 6.07) is 0. The number of allylic oxidation sites excluding steroid dienone is 9. The molecule has 68 valence electrons. The van der Waals surface area contributed by atoms with Crippen molar-refractivity contribution in [2.75, 3.05) is 0 Å². The van der Waals surface area contributed by atoms with Crippen LogP contribution in [0.4, 0.5) is 0 Å². The van der Waals surface area contributed by atoms with Gasteiger partial charge in [0.25, 0.3) is 0 Å². The standard InChI is InChI=1S/C12H11.Fe/c1-2-10-8-5-9-12(10)11-6-3-4-7-11;/h2-3,5-6,8H,1,4,9H2;/q-1;. The maximum atomic E-state index is 3.79. The second-order valence-electron chi connectivity index (χ2n) is 2.94. The molecule has 0 saturated heterocycles. The van der Waals surface area contributed by atoms with Crippen LogP contribution in [-0.4, -0.2) is 0 Å². The van der Waals surface area contributed by atoms with Crippen LogP contribution in [0.2, 0.25) is 0 Å². The molecule has 0 atom stereocenters. The molecule has 13 heavy (non-hydrogen) atoms. The van der Waals surface area contributed by atoms with Gasteiger partial charge in [0.05, 0.1) is 0 Å². The van der Waals surface area contributed by atoms with Crippen LogP contribution < -0.4 is 0 Å². The minimum Gasteiger partial charge on any atom is -0.198 e. The molecule has 0 N–H and O–H groups in total. The summed E-state index contributed by atoms with van der Waals surface area (Å²) >= 11 is 0. The number of hydrogen-bond acceptors (Lipinski definition) is 0. The van der Waals surface area contributed by atoms with Crippen molar-refractivity contribution < 1.29 is 17.1 Å². The van der Waals surface area contributed by atoms with Crippen LogP contribution in [-0.2, 0) is 17.1 Å². The van der Waals surface area contributed by atoms with E-state index in [1.807, 2.05) is 6.08 Å². The van der Waals surface area contributed by atoms with E-state index < -0.39 is 0 Å². The first kappa shape index (κ1) is 10.3. The first-order chi connectivity index (χ1) is 5.92. The maximum Gasteiger partial charge on any atom is 0 e. The van der Waals surface area contributed by atoms with Gasteiger partial charge in [-0.2, -0.15) is 17.7 Å². The van der Waals surface area contributed by atoms with Crippen molar-refractivity contribution in [3.05, 3.63) is 59.8 Å². The number of hydrogen-bond donors (Lipinski definition) is 0. The molecule has 2 aliphatic carbocycles. The van der Waals surface area contributed by atoms with Crippen LogP contribution in [0.1, 0.15) is 12.8 Å². The van der Waals surface area contributed by atoms with Crippen molar-refractivity contribution in [2.24, 2.45) is 0 Å². The molecule has 0 aliphatic heterocycles. The molecule has 0 saturated carbocycles. The van der Waals surface area contributed by atoms with Gasteiger partial charge < -0.3 is 0 Å². The molecule has 0 spiro atoms. The maximum absolute atomic E-state index is 3.79. The summed E-state index contributed by atoms with van der Waals surface area (Å²) in [5, 5.41) is 0. The average molecular weight is 211 g/mol. The Morgan fingerprint density at radius 3 is 2.77 bits per heavy atom. The predicted octanol–water partition coefficient (Wildman–Crippen LogP) is 3.12. The van der Waals surface area contributed by atoms with E-state index in [0.29, 0.717) is 0 Å². The molecule has 0 nitrogen and oxygen atoms in total. The Balaban J connectivity index is 0.000000845. The van der Waals surface area contributed by atoms with E-state index in [9.17, 15) is 0 Å². The Morgan fingerprint density at radius 2 is 2.15 bits per heavy atom. The smallest absolute Gasteiger partial charge is 0 e. The van der Waals surface area contributed by atoms with Gasteiger partial charge in [-0.05, 0) is 0 Å². The van der Waals surface area contributed by atoms with Crippen LogP contribution in [0.25, 0.3) is 0 Å². The molecule has 0 unspecified atom stereocenters. The summed E-state index contributed by atoms with van der Waals surface area (Å²) < 4.78 is 0. The Bertz CT molecular complexity index is 327. The fourth-order valence-electron chi connectivity index (χ4n) is 1.59. The molecule has 0 aromatic rings. The fourth-order valence-corrected chi connectivity index (χ4v) is 1.59. The molecular formula is C12H11Fe-. The Labute approximate surface area is 89.9 Å². The zero-order chi connectivity index (χ0) is 8.39. The Hall–Kier alpha value is -0.781. The molecule has 0 fully saturated rings. The SMILES string of the molecule is C=CC1=C(C2=[C-]CC=C2)CC=C1.[Fe]. The molecule has 0 aromatic carbocycles. The van der Waals surface area contributed by atoms with E-state index in [4.69, 9.17) is 0 Å². The van der Waals surface area contributed by atoms with E-state index in [0.717, 1.165) is 12.8 Å². The molecule has 2 rings (SSSR count). The summed E-state index contributed by atoms with van der Waals surface area (Å²) in [5.41, 5.74) is 3.89. The van der Waals surface area contributed by atoms with Gasteiger partial charge in [-0.3, -0.25) is 0 Å². The third kappa shape index (κ3) is 1.93. The van der Waals surface area contributed by atoms with Crippen LogP contribution in [0.15, 0.2) is 53.7 Å². The molecule has 0 aromatic heterocycles.